The molecule has 21 heavy (non-hydrogen) atoms. The van der Waals surface area contributed by atoms with Crippen molar-refractivity contribution in [2.75, 3.05) is 17.2 Å². The van der Waals surface area contributed by atoms with E-state index >= 15 is 0 Å². The largest absolute Gasteiger partial charge is 0.370 e. The smallest absolute Gasteiger partial charge is 0.257 e. The summed E-state index contributed by atoms with van der Waals surface area (Å²) in [7, 11) is 0. The van der Waals surface area contributed by atoms with Crippen LogP contribution in [-0.4, -0.2) is 17.4 Å². The van der Waals surface area contributed by atoms with E-state index in [-0.39, 0.29) is 5.91 Å². The molecule has 0 aliphatic carbocycles. The van der Waals surface area contributed by atoms with Gasteiger partial charge in [-0.05, 0) is 54.1 Å². The maximum Gasteiger partial charge on any atom is 0.257 e. The molecule has 4 nitrogen and oxygen atoms in total. The first kappa shape index (κ1) is 13.6. The number of hydrogen-bond donors (Lipinski definition) is 2. The predicted octanol–water partition coefficient (Wildman–Crippen LogP) is 3.98. The van der Waals surface area contributed by atoms with Crippen molar-refractivity contribution >= 4 is 38.8 Å². The minimum absolute atomic E-state index is 0.153. The minimum atomic E-state index is -0.153. The quantitative estimate of drug-likeness (QED) is 0.766. The number of benzene rings is 1. The zero-order valence-electron chi connectivity index (χ0n) is 11.6. The standard InChI is InChI=1S/C16H15N3OS/c1-2-17-15-6-3-12(10-18-15)16(20)19-13-4-5-14-11(9-13)7-8-21-14/h3-10H,2H2,1H3,(H,17,18)(H,19,20). The molecular formula is C16H15N3OS. The normalized spacial score (nSPS) is 10.5. The summed E-state index contributed by atoms with van der Waals surface area (Å²) in [5.41, 5.74) is 1.34. The molecule has 2 N–H and O–H groups in total. The van der Waals surface area contributed by atoms with Gasteiger partial charge in [0.2, 0.25) is 0 Å². The monoisotopic (exact) mass is 297 g/mol. The maximum atomic E-state index is 12.2. The van der Waals surface area contributed by atoms with Crippen molar-refractivity contribution in [3.05, 3.63) is 53.5 Å². The lowest BCUT2D eigenvalue weighted by Gasteiger charge is -2.06. The summed E-state index contributed by atoms with van der Waals surface area (Å²) >= 11 is 1.69. The Morgan fingerprint density at radius 2 is 2.14 bits per heavy atom. The van der Waals surface area contributed by atoms with Crippen molar-refractivity contribution in [3.63, 3.8) is 0 Å². The average Bonchev–Trinajstić information content (AvgIpc) is 2.96. The van der Waals surface area contributed by atoms with Crippen LogP contribution < -0.4 is 10.6 Å². The van der Waals surface area contributed by atoms with Crippen LogP contribution in [0, 0.1) is 0 Å². The van der Waals surface area contributed by atoms with Gasteiger partial charge in [-0.2, -0.15) is 0 Å². The fraction of sp³-hybridized carbons (Fsp3) is 0.125. The van der Waals surface area contributed by atoms with Gasteiger partial charge in [-0.25, -0.2) is 4.98 Å². The molecule has 2 aromatic heterocycles. The highest BCUT2D eigenvalue weighted by Gasteiger charge is 2.07. The van der Waals surface area contributed by atoms with E-state index in [4.69, 9.17) is 0 Å². The Balaban J connectivity index is 1.75. The van der Waals surface area contributed by atoms with Gasteiger partial charge in [0.1, 0.15) is 5.82 Å². The second-order valence-corrected chi connectivity index (χ2v) is 5.54. The van der Waals surface area contributed by atoms with Crippen molar-refractivity contribution in [1.82, 2.24) is 4.98 Å². The van der Waals surface area contributed by atoms with Crippen LogP contribution in [0.15, 0.2) is 48.0 Å². The van der Waals surface area contributed by atoms with Crippen LogP contribution in [0.2, 0.25) is 0 Å². The van der Waals surface area contributed by atoms with E-state index < -0.39 is 0 Å². The molecule has 1 amide bonds. The second-order valence-electron chi connectivity index (χ2n) is 4.59. The number of nitrogens with one attached hydrogen (secondary N) is 2. The topological polar surface area (TPSA) is 54.0 Å². The Labute approximate surface area is 126 Å². The Hall–Kier alpha value is -2.40. The van der Waals surface area contributed by atoms with Gasteiger partial charge in [-0.15, -0.1) is 11.3 Å². The predicted molar refractivity (Wildman–Crippen MR) is 88.2 cm³/mol. The number of carbonyl (C=O) groups excluding carboxylic acids is 1. The summed E-state index contributed by atoms with van der Waals surface area (Å²) in [6.45, 7) is 2.81. The van der Waals surface area contributed by atoms with Crippen molar-refractivity contribution in [2.45, 2.75) is 6.92 Å². The van der Waals surface area contributed by atoms with Crippen LogP contribution in [0.4, 0.5) is 11.5 Å². The first-order valence-corrected chi connectivity index (χ1v) is 7.63. The molecule has 5 heteroatoms. The summed E-state index contributed by atoms with van der Waals surface area (Å²) in [6, 6.07) is 11.5. The fourth-order valence-electron chi connectivity index (χ4n) is 2.06. The van der Waals surface area contributed by atoms with Crippen LogP contribution in [0.3, 0.4) is 0 Å². The molecule has 2 heterocycles. The molecule has 0 radical (unpaired) electrons. The molecule has 3 aromatic rings. The third kappa shape index (κ3) is 3.03. The van der Waals surface area contributed by atoms with Gasteiger partial charge >= 0.3 is 0 Å². The Morgan fingerprint density at radius 1 is 1.24 bits per heavy atom. The van der Waals surface area contributed by atoms with Gasteiger partial charge in [0.15, 0.2) is 0 Å². The molecule has 0 aliphatic heterocycles. The maximum absolute atomic E-state index is 12.2. The Morgan fingerprint density at radius 3 is 2.90 bits per heavy atom. The Bertz CT molecular complexity index is 765. The second kappa shape index (κ2) is 5.93. The molecule has 0 aliphatic rings. The third-order valence-corrected chi connectivity index (χ3v) is 3.99. The number of amides is 1. The molecule has 1 aromatic carbocycles. The number of thiophene rings is 1. The minimum Gasteiger partial charge on any atom is -0.370 e. The lowest BCUT2D eigenvalue weighted by atomic mass is 10.2. The van der Waals surface area contributed by atoms with Crippen LogP contribution >= 0.6 is 11.3 Å². The highest BCUT2D eigenvalue weighted by molar-refractivity contribution is 7.17. The number of hydrogen-bond acceptors (Lipinski definition) is 4. The van der Waals surface area contributed by atoms with Crippen LogP contribution in [0.1, 0.15) is 17.3 Å². The van der Waals surface area contributed by atoms with Crippen LogP contribution in [-0.2, 0) is 0 Å². The summed E-state index contributed by atoms with van der Waals surface area (Å²) in [4.78, 5) is 16.4. The van der Waals surface area contributed by atoms with E-state index in [1.807, 2.05) is 36.6 Å². The average molecular weight is 297 g/mol. The van der Waals surface area contributed by atoms with E-state index in [0.29, 0.717) is 5.56 Å². The number of pyridine rings is 1. The molecule has 106 valence electrons. The number of carbonyl (C=O) groups is 1. The SMILES string of the molecule is CCNc1ccc(C(=O)Nc2ccc3sccc3c2)cn1. The van der Waals surface area contributed by atoms with Gasteiger partial charge in [0.05, 0.1) is 5.56 Å². The van der Waals surface area contributed by atoms with Crippen molar-refractivity contribution in [2.24, 2.45) is 0 Å². The van der Waals surface area contributed by atoms with E-state index in [0.717, 1.165) is 23.4 Å². The number of fused-ring (bicyclic) bond motifs is 1. The van der Waals surface area contributed by atoms with Gasteiger partial charge in [0, 0.05) is 23.1 Å². The molecule has 3 rings (SSSR count). The molecule has 0 atom stereocenters. The van der Waals surface area contributed by atoms with Gasteiger partial charge in [-0.1, -0.05) is 0 Å². The number of rotatable bonds is 4. The van der Waals surface area contributed by atoms with E-state index in [1.165, 1.54) is 4.70 Å². The zero-order chi connectivity index (χ0) is 14.7. The highest BCUT2D eigenvalue weighted by Crippen LogP contribution is 2.24. The van der Waals surface area contributed by atoms with Gasteiger partial charge < -0.3 is 10.6 Å². The number of nitrogens with zero attached hydrogens (tertiary/aromatic N) is 1. The first-order chi connectivity index (χ1) is 10.3. The molecule has 0 fully saturated rings. The number of anilines is 2. The number of aromatic nitrogens is 1. The molecule has 0 saturated heterocycles. The highest BCUT2D eigenvalue weighted by atomic mass is 32.1. The summed E-state index contributed by atoms with van der Waals surface area (Å²) in [5, 5.41) is 9.17. The zero-order valence-corrected chi connectivity index (χ0v) is 12.4. The van der Waals surface area contributed by atoms with Crippen molar-refractivity contribution in [1.29, 1.82) is 0 Å². The molecular weight excluding hydrogens is 282 g/mol. The molecule has 0 spiro atoms. The van der Waals surface area contributed by atoms with E-state index in [9.17, 15) is 4.79 Å². The van der Waals surface area contributed by atoms with Crippen molar-refractivity contribution in [3.8, 4) is 0 Å². The van der Waals surface area contributed by atoms with Gasteiger partial charge in [-0.3, -0.25) is 4.79 Å². The van der Waals surface area contributed by atoms with Crippen LogP contribution in [0.5, 0.6) is 0 Å². The molecule has 0 unspecified atom stereocenters. The third-order valence-electron chi connectivity index (χ3n) is 3.09. The van der Waals surface area contributed by atoms with Gasteiger partial charge in [0.25, 0.3) is 5.91 Å². The Kier molecular flexibility index (Phi) is 3.83. The summed E-state index contributed by atoms with van der Waals surface area (Å²) < 4.78 is 1.21. The first-order valence-electron chi connectivity index (χ1n) is 6.75. The fourth-order valence-corrected chi connectivity index (χ4v) is 2.83. The van der Waals surface area contributed by atoms with Crippen molar-refractivity contribution < 1.29 is 4.79 Å². The lowest BCUT2D eigenvalue weighted by molar-refractivity contribution is 0.102. The summed E-state index contributed by atoms with van der Waals surface area (Å²) in [5.74, 6) is 0.619. The lowest BCUT2D eigenvalue weighted by Crippen LogP contribution is -2.12. The van der Waals surface area contributed by atoms with E-state index in [1.54, 1.807) is 29.7 Å². The molecule has 0 saturated carbocycles. The van der Waals surface area contributed by atoms with Crippen LogP contribution in [0.25, 0.3) is 10.1 Å². The molecule has 0 bridgehead atoms. The summed E-state index contributed by atoms with van der Waals surface area (Å²) in [6.07, 6.45) is 1.58. The van der Waals surface area contributed by atoms with E-state index in [2.05, 4.69) is 15.6 Å².